The van der Waals surface area contributed by atoms with Crippen molar-refractivity contribution < 1.29 is 19.2 Å². The number of halogens is 1. The Hall–Kier alpha value is -3.91. The molecular weight excluding hydrogens is 492 g/mol. The second kappa shape index (κ2) is 9.86. The Bertz CT molecular complexity index is 1380. The molecule has 1 unspecified atom stereocenters. The number of piperidine rings is 1. The van der Waals surface area contributed by atoms with E-state index in [0.29, 0.717) is 48.8 Å². The van der Waals surface area contributed by atoms with Gasteiger partial charge in [-0.2, -0.15) is 0 Å². The van der Waals surface area contributed by atoms with E-state index in [-0.39, 0.29) is 18.0 Å². The molecule has 0 bridgehead atoms. The van der Waals surface area contributed by atoms with Crippen LogP contribution < -0.4 is 10.6 Å². The van der Waals surface area contributed by atoms with Gasteiger partial charge in [0.25, 0.3) is 11.8 Å². The van der Waals surface area contributed by atoms with Gasteiger partial charge in [0, 0.05) is 35.6 Å². The Morgan fingerprint density at radius 2 is 2.00 bits per heavy atom. The van der Waals surface area contributed by atoms with Crippen LogP contribution in [0.3, 0.4) is 0 Å². The first-order chi connectivity index (χ1) is 17.7. The maximum absolute atomic E-state index is 13.1. The molecule has 2 aromatic rings. The van der Waals surface area contributed by atoms with Gasteiger partial charge in [0.1, 0.15) is 11.7 Å². The summed E-state index contributed by atoms with van der Waals surface area (Å²) in [6.45, 7) is 6.66. The summed E-state index contributed by atoms with van der Waals surface area (Å²) in [4.78, 5) is 53.9. The summed E-state index contributed by atoms with van der Waals surface area (Å²) in [6.07, 6.45) is 2.97. The zero-order chi connectivity index (χ0) is 26.3. The zero-order valence-electron chi connectivity index (χ0n) is 20.5. The summed E-state index contributed by atoms with van der Waals surface area (Å²) in [6, 6.07) is 10.5. The lowest BCUT2D eigenvalue weighted by Gasteiger charge is -2.31. The fraction of sp³-hybridized carbons (Fsp3) is 0.286. The van der Waals surface area contributed by atoms with Gasteiger partial charge in [-0.15, -0.1) is 0 Å². The molecule has 1 saturated heterocycles. The zero-order valence-corrected chi connectivity index (χ0v) is 21.2. The number of aryl methyl sites for hydroxylation is 1. The van der Waals surface area contributed by atoms with Crippen molar-refractivity contribution in [2.24, 2.45) is 0 Å². The molecule has 2 N–H and O–H groups in total. The van der Waals surface area contributed by atoms with Crippen molar-refractivity contribution in [3.8, 4) is 0 Å². The van der Waals surface area contributed by atoms with Crippen molar-refractivity contribution >= 4 is 40.9 Å². The predicted octanol–water partition coefficient (Wildman–Crippen LogP) is 3.23. The second-order valence-corrected chi connectivity index (χ2v) is 10.0. The van der Waals surface area contributed by atoms with Gasteiger partial charge < -0.3 is 15.5 Å². The summed E-state index contributed by atoms with van der Waals surface area (Å²) in [5.41, 5.74) is 5.24. The molecular formula is C28H27ClN4O4. The van der Waals surface area contributed by atoms with Crippen LogP contribution in [0.15, 0.2) is 60.4 Å². The fourth-order valence-corrected chi connectivity index (χ4v) is 5.20. The largest absolute Gasteiger partial charge is 0.351 e. The van der Waals surface area contributed by atoms with Gasteiger partial charge in [0.15, 0.2) is 0 Å². The normalized spacial score (nSPS) is 19.5. The quantitative estimate of drug-likeness (QED) is 0.592. The first-order valence-electron chi connectivity index (χ1n) is 12.2. The van der Waals surface area contributed by atoms with Crippen LogP contribution in [-0.2, 0) is 38.6 Å². The number of carbonyl (C=O) groups is 4. The van der Waals surface area contributed by atoms with Crippen LogP contribution in [0, 0.1) is 6.92 Å². The molecule has 9 heteroatoms. The summed E-state index contributed by atoms with van der Waals surface area (Å²) in [7, 11) is 0. The number of nitrogens with zero attached hydrogens (tertiary/aromatic N) is 2. The molecule has 0 saturated carbocycles. The third-order valence-electron chi connectivity index (χ3n) is 7.07. The van der Waals surface area contributed by atoms with Crippen LogP contribution in [0.25, 0.3) is 0 Å². The number of rotatable bonds is 5. The molecule has 4 amide bonds. The van der Waals surface area contributed by atoms with Gasteiger partial charge in [0.05, 0.1) is 6.42 Å². The molecule has 0 spiro atoms. The highest BCUT2D eigenvalue weighted by atomic mass is 35.5. The minimum atomic E-state index is -0.853. The van der Waals surface area contributed by atoms with Crippen LogP contribution >= 0.6 is 11.6 Å². The number of hydrogen-bond acceptors (Lipinski definition) is 5. The van der Waals surface area contributed by atoms with Crippen molar-refractivity contribution in [1.29, 1.82) is 0 Å². The van der Waals surface area contributed by atoms with E-state index < -0.39 is 23.8 Å². The number of amides is 4. The lowest BCUT2D eigenvalue weighted by atomic mass is 9.97. The van der Waals surface area contributed by atoms with Gasteiger partial charge in [-0.05, 0) is 60.6 Å². The van der Waals surface area contributed by atoms with E-state index >= 15 is 0 Å². The number of hydrogen-bond donors (Lipinski definition) is 2. The number of carbonyl (C=O) groups excluding carboxylic acids is 4. The number of fused-ring (bicyclic) bond motifs is 1. The van der Waals surface area contributed by atoms with E-state index in [4.69, 9.17) is 11.6 Å². The van der Waals surface area contributed by atoms with Crippen molar-refractivity contribution in [1.82, 2.24) is 15.1 Å². The highest BCUT2D eigenvalue weighted by molar-refractivity contribution is 6.31. The first kappa shape index (κ1) is 24.8. The molecule has 37 heavy (non-hydrogen) atoms. The molecule has 0 radical (unpaired) electrons. The summed E-state index contributed by atoms with van der Waals surface area (Å²) < 4.78 is 0. The maximum Gasteiger partial charge on any atom is 0.278 e. The number of benzene rings is 2. The first-order valence-corrected chi connectivity index (χ1v) is 12.6. The Morgan fingerprint density at radius 3 is 2.76 bits per heavy atom. The van der Waals surface area contributed by atoms with Crippen molar-refractivity contribution in [3.63, 3.8) is 0 Å². The van der Waals surface area contributed by atoms with E-state index in [2.05, 4.69) is 17.2 Å². The lowest BCUT2D eigenvalue weighted by molar-refractivity contribution is -0.146. The van der Waals surface area contributed by atoms with E-state index in [0.717, 1.165) is 27.2 Å². The van der Waals surface area contributed by atoms with Crippen LogP contribution in [0.4, 0.5) is 5.69 Å². The van der Waals surface area contributed by atoms with Crippen molar-refractivity contribution in [3.05, 3.63) is 87.7 Å². The molecule has 0 aliphatic carbocycles. The number of imide groups is 1. The minimum Gasteiger partial charge on any atom is -0.351 e. The summed E-state index contributed by atoms with van der Waals surface area (Å²) in [5, 5.41) is 6.39. The van der Waals surface area contributed by atoms with Crippen molar-refractivity contribution in [2.75, 3.05) is 11.9 Å². The molecule has 190 valence electrons. The van der Waals surface area contributed by atoms with Gasteiger partial charge >= 0.3 is 0 Å². The van der Waals surface area contributed by atoms with E-state index in [9.17, 15) is 19.2 Å². The lowest BCUT2D eigenvalue weighted by Crippen LogP contribution is -2.52. The Labute approximate surface area is 219 Å². The summed E-state index contributed by atoms with van der Waals surface area (Å²) in [5.74, 6) is -1.42. The van der Waals surface area contributed by atoms with Crippen LogP contribution in [-0.4, -0.2) is 46.0 Å². The molecule has 1 fully saturated rings. The average molecular weight is 519 g/mol. The molecule has 2 aromatic carbocycles. The molecule has 0 aromatic heterocycles. The van der Waals surface area contributed by atoms with Crippen LogP contribution in [0.1, 0.15) is 35.1 Å². The molecule has 1 atom stereocenters. The van der Waals surface area contributed by atoms with E-state index in [1.807, 2.05) is 48.2 Å². The second-order valence-electron chi connectivity index (χ2n) is 9.61. The van der Waals surface area contributed by atoms with Gasteiger partial charge in [-0.3, -0.25) is 24.1 Å². The standard InChI is InChI=1S/C28H27ClN4O4/c1-16-6-8-18(12-21(16)29)13-25(34)32-11-10-20-19(15-32)4-3-5-22(20)31-23-14-26(35)33(28(23)37)24-9-7-17(2)30-27(24)36/h3-6,8,12,14,24,31H,2,7,9-11,13,15H2,1H3,(H,30,36). The topological polar surface area (TPSA) is 98.8 Å². The highest BCUT2D eigenvalue weighted by Gasteiger charge is 2.41. The maximum atomic E-state index is 13.1. The minimum absolute atomic E-state index is 0.0206. The van der Waals surface area contributed by atoms with Gasteiger partial charge in [-0.1, -0.05) is 42.4 Å². The molecule has 3 aliphatic heterocycles. The van der Waals surface area contributed by atoms with E-state index in [1.165, 1.54) is 6.08 Å². The third kappa shape index (κ3) is 4.89. The van der Waals surface area contributed by atoms with E-state index in [1.54, 1.807) is 0 Å². The Morgan fingerprint density at radius 1 is 1.19 bits per heavy atom. The summed E-state index contributed by atoms with van der Waals surface area (Å²) >= 11 is 6.21. The van der Waals surface area contributed by atoms with Crippen LogP contribution in [0.2, 0.25) is 5.02 Å². The molecule has 8 nitrogen and oxygen atoms in total. The molecule has 5 rings (SSSR count). The molecule has 3 heterocycles. The Kier molecular flexibility index (Phi) is 6.60. The SMILES string of the molecule is C=C1CCC(N2C(=O)C=C(Nc3cccc4c3CCN(C(=O)Cc3ccc(C)c(Cl)c3)C4)C2=O)C(=O)N1. The number of nitrogens with one attached hydrogen (secondary N) is 2. The monoisotopic (exact) mass is 518 g/mol. The number of allylic oxidation sites excluding steroid dienone is 1. The smallest absolute Gasteiger partial charge is 0.278 e. The third-order valence-corrected chi connectivity index (χ3v) is 7.48. The van der Waals surface area contributed by atoms with Gasteiger partial charge in [-0.25, -0.2) is 0 Å². The average Bonchev–Trinajstić information content (AvgIpc) is 3.14. The number of anilines is 1. The predicted molar refractivity (Wildman–Crippen MR) is 139 cm³/mol. The Balaban J connectivity index is 1.27. The van der Waals surface area contributed by atoms with Crippen molar-refractivity contribution in [2.45, 2.75) is 45.2 Å². The highest BCUT2D eigenvalue weighted by Crippen LogP contribution is 2.30. The van der Waals surface area contributed by atoms with Crippen LogP contribution in [0.5, 0.6) is 0 Å². The van der Waals surface area contributed by atoms with Gasteiger partial charge in [0.2, 0.25) is 11.8 Å². The fourth-order valence-electron chi connectivity index (χ4n) is 4.99. The molecule has 3 aliphatic rings.